The quantitative estimate of drug-likeness (QED) is 0.399. The maximum absolute atomic E-state index is 12.1. The topological polar surface area (TPSA) is 79.5 Å². The summed E-state index contributed by atoms with van der Waals surface area (Å²) in [7, 11) is 0. The van der Waals surface area contributed by atoms with Crippen molar-refractivity contribution < 1.29 is 14.3 Å². The van der Waals surface area contributed by atoms with Crippen molar-refractivity contribution in [2.45, 2.75) is 6.92 Å². The summed E-state index contributed by atoms with van der Waals surface area (Å²) in [6.07, 6.45) is 0. The first-order valence-electron chi connectivity index (χ1n) is 8.70. The van der Waals surface area contributed by atoms with E-state index in [1.54, 1.807) is 18.2 Å². The molecule has 0 atom stereocenters. The van der Waals surface area contributed by atoms with Gasteiger partial charge < -0.3 is 4.74 Å². The Morgan fingerprint density at radius 2 is 1.76 bits per heavy atom. The Labute approximate surface area is 181 Å². The number of carbonyl (C=O) groups is 2. The van der Waals surface area contributed by atoms with Crippen LogP contribution in [0.4, 0.5) is 0 Å². The van der Waals surface area contributed by atoms with Gasteiger partial charge in [-0.3, -0.25) is 25.8 Å². The second-order valence-electron chi connectivity index (χ2n) is 6.22. The zero-order valence-corrected chi connectivity index (χ0v) is 17.9. The molecule has 0 aliphatic rings. The van der Waals surface area contributed by atoms with Crippen LogP contribution in [0.15, 0.2) is 65.1 Å². The highest BCUT2D eigenvalue weighted by atomic mass is 79.9. The van der Waals surface area contributed by atoms with Gasteiger partial charge in [-0.05, 0) is 59.7 Å². The molecule has 0 saturated carbocycles. The third-order valence-electron chi connectivity index (χ3n) is 4.07. The number of hydrogen-bond acceptors (Lipinski definition) is 4. The maximum atomic E-state index is 12.1. The van der Waals surface area contributed by atoms with Gasteiger partial charge in [-0.1, -0.05) is 52.3 Å². The molecule has 2 amide bonds. The van der Waals surface area contributed by atoms with Crippen LogP contribution in [0.5, 0.6) is 5.75 Å². The molecular weight excluding hydrogens is 454 g/mol. The lowest BCUT2D eigenvalue weighted by Crippen LogP contribution is -2.49. The van der Waals surface area contributed by atoms with Crippen molar-refractivity contribution in [3.8, 4) is 5.75 Å². The molecule has 0 unspecified atom stereocenters. The van der Waals surface area contributed by atoms with Gasteiger partial charge in [0.25, 0.3) is 11.8 Å². The van der Waals surface area contributed by atoms with E-state index in [0.29, 0.717) is 11.3 Å². The molecule has 3 aromatic carbocycles. The van der Waals surface area contributed by atoms with Crippen molar-refractivity contribution in [1.29, 1.82) is 0 Å². The maximum Gasteiger partial charge on any atom is 0.269 e. The summed E-state index contributed by atoms with van der Waals surface area (Å²) >= 11 is 8.40. The number of carbonyl (C=O) groups excluding carboxylic acids is 2. The summed E-state index contributed by atoms with van der Waals surface area (Å²) in [5, 5.41) is 4.53. The molecule has 0 aliphatic carbocycles. The summed E-state index contributed by atoms with van der Waals surface area (Å²) in [6, 6.07) is 18.7. The Hall–Kier alpha value is -2.97. The SMILES string of the molecule is Cc1ccc(C(=O)NNC(=S)NC(=O)COc2ccc3ccccc3c2)cc1Br. The molecule has 0 bridgehead atoms. The number of halogens is 1. The summed E-state index contributed by atoms with van der Waals surface area (Å²) < 4.78 is 6.33. The first kappa shape index (κ1) is 20.8. The lowest BCUT2D eigenvalue weighted by molar-refractivity contribution is -0.121. The van der Waals surface area contributed by atoms with E-state index >= 15 is 0 Å². The molecular formula is C21H18BrN3O3S. The number of amides is 2. The van der Waals surface area contributed by atoms with Crippen LogP contribution >= 0.6 is 28.1 Å². The number of fused-ring (bicyclic) bond motifs is 1. The van der Waals surface area contributed by atoms with Crippen LogP contribution in [0.25, 0.3) is 10.8 Å². The van der Waals surface area contributed by atoms with Gasteiger partial charge >= 0.3 is 0 Å². The third kappa shape index (κ3) is 5.75. The summed E-state index contributed by atoms with van der Waals surface area (Å²) in [6.45, 7) is 1.72. The Balaban J connectivity index is 1.45. The molecule has 0 fully saturated rings. The number of hydrogen-bond donors (Lipinski definition) is 3. The van der Waals surface area contributed by atoms with Gasteiger partial charge in [0.2, 0.25) is 0 Å². The summed E-state index contributed by atoms with van der Waals surface area (Å²) in [5.74, 6) is -0.242. The number of nitrogens with one attached hydrogen (secondary N) is 3. The van der Waals surface area contributed by atoms with Crippen molar-refractivity contribution in [2.75, 3.05) is 6.61 Å². The van der Waals surface area contributed by atoms with Gasteiger partial charge in [0, 0.05) is 10.0 Å². The van der Waals surface area contributed by atoms with Crippen LogP contribution in [-0.4, -0.2) is 23.5 Å². The number of ether oxygens (including phenoxy) is 1. The minimum atomic E-state index is -0.442. The fourth-order valence-corrected chi connectivity index (χ4v) is 3.06. The molecule has 0 aliphatic heterocycles. The van der Waals surface area contributed by atoms with Crippen molar-refractivity contribution >= 4 is 55.8 Å². The zero-order valence-electron chi connectivity index (χ0n) is 15.5. The minimum absolute atomic E-state index is 0.0309. The monoisotopic (exact) mass is 471 g/mol. The van der Waals surface area contributed by atoms with E-state index in [4.69, 9.17) is 17.0 Å². The molecule has 0 heterocycles. The highest BCUT2D eigenvalue weighted by Crippen LogP contribution is 2.20. The number of rotatable bonds is 4. The molecule has 0 spiro atoms. The van der Waals surface area contributed by atoms with Crippen LogP contribution in [0.2, 0.25) is 0 Å². The molecule has 29 heavy (non-hydrogen) atoms. The molecule has 8 heteroatoms. The van der Waals surface area contributed by atoms with Gasteiger partial charge in [0.1, 0.15) is 5.75 Å². The molecule has 3 aromatic rings. The number of aryl methyl sites for hydroxylation is 1. The Morgan fingerprint density at radius 1 is 1.00 bits per heavy atom. The number of hydrazine groups is 1. The van der Waals surface area contributed by atoms with Crippen LogP contribution < -0.4 is 20.9 Å². The minimum Gasteiger partial charge on any atom is -0.484 e. The Kier molecular flexibility index (Phi) is 6.79. The predicted octanol–water partition coefficient (Wildman–Crippen LogP) is 3.63. The summed E-state index contributed by atoms with van der Waals surface area (Å²) in [5.41, 5.74) is 6.40. The van der Waals surface area contributed by atoms with Gasteiger partial charge in [-0.2, -0.15) is 0 Å². The van der Waals surface area contributed by atoms with E-state index < -0.39 is 5.91 Å². The highest BCUT2D eigenvalue weighted by Gasteiger charge is 2.10. The van der Waals surface area contributed by atoms with Crippen LogP contribution in [0, 0.1) is 6.92 Å². The van der Waals surface area contributed by atoms with Gasteiger partial charge in [0.05, 0.1) is 0 Å². The Bertz CT molecular complexity index is 1090. The van der Waals surface area contributed by atoms with E-state index in [1.165, 1.54) is 0 Å². The van der Waals surface area contributed by atoms with Crippen molar-refractivity contribution in [3.05, 3.63) is 76.3 Å². The number of benzene rings is 3. The lowest BCUT2D eigenvalue weighted by Gasteiger charge is -2.12. The number of thiocarbonyl (C=S) groups is 1. The average Bonchev–Trinajstić information content (AvgIpc) is 2.72. The second kappa shape index (κ2) is 9.49. The largest absolute Gasteiger partial charge is 0.484 e. The van der Waals surface area contributed by atoms with Crippen LogP contribution in [-0.2, 0) is 4.79 Å². The van der Waals surface area contributed by atoms with E-state index in [-0.39, 0.29) is 17.6 Å². The molecule has 3 rings (SSSR count). The molecule has 6 nitrogen and oxygen atoms in total. The predicted molar refractivity (Wildman–Crippen MR) is 120 cm³/mol. The molecule has 0 saturated heterocycles. The van der Waals surface area contributed by atoms with Crippen LogP contribution in [0.1, 0.15) is 15.9 Å². The van der Waals surface area contributed by atoms with Gasteiger partial charge in [-0.15, -0.1) is 0 Å². The fourth-order valence-electron chi connectivity index (χ4n) is 2.52. The van der Waals surface area contributed by atoms with E-state index in [1.807, 2.05) is 49.4 Å². The van der Waals surface area contributed by atoms with Crippen molar-refractivity contribution in [1.82, 2.24) is 16.2 Å². The molecule has 3 N–H and O–H groups in total. The first-order chi connectivity index (χ1) is 13.9. The van der Waals surface area contributed by atoms with E-state index in [9.17, 15) is 9.59 Å². The van der Waals surface area contributed by atoms with Gasteiger partial charge in [0.15, 0.2) is 11.7 Å². The average molecular weight is 472 g/mol. The summed E-state index contributed by atoms with van der Waals surface area (Å²) in [4.78, 5) is 24.1. The lowest BCUT2D eigenvalue weighted by atomic mass is 10.1. The van der Waals surface area contributed by atoms with Crippen molar-refractivity contribution in [2.24, 2.45) is 0 Å². The second-order valence-corrected chi connectivity index (χ2v) is 7.48. The standard InChI is InChI=1S/C21H18BrN3O3S/c1-13-6-7-16(11-18(13)22)20(27)24-25-21(29)23-19(26)12-28-17-9-8-14-4-2-3-5-15(14)10-17/h2-11H,12H2,1H3,(H,24,27)(H2,23,25,26,29). The normalized spacial score (nSPS) is 10.3. The Morgan fingerprint density at radius 3 is 2.52 bits per heavy atom. The smallest absolute Gasteiger partial charge is 0.269 e. The van der Waals surface area contributed by atoms with E-state index in [2.05, 4.69) is 32.1 Å². The fraction of sp³-hybridized carbons (Fsp3) is 0.0952. The van der Waals surface area contributed by atoms with Crippen LogP contribution in [0.3, 0.4) is 0 Å². The van der Waals surface area contributed by atoms with Gasteiger partial charge in [-0.25, -0.2) is 0 Å². The third-order valence-corrected chi connectivity index (χ3v) is 5.13. The van der Waals surface area contributed by atoms with Crippen molar-refractivity contribution in [3.63, 3.8) is 0 Å². The highest BCUT2D eigenvalue weighted by molar-refractivity contribution is 9.10. The zero-order chi connectivity index (χ0) is 20.8. The molecule has 148 valence electrons. The molecule has 0 aromatic heterocycles. The first-order valence-corrected chi connectivity index (χ1v) is 9.90. The van der Waals surface area contributed by atoms with E-state index in [0.717, 1.165) is 20.8 Å². The molecule has 0 radical (unpaired) electrons.